The molecule has 292 valence electrons. The van der Waals surface area contributed by atoms with Crippen LogP contribution in [0.25, 0.3) is 97.7 Å². The Morgan fingerprint density at radius 3 is 1.52 bits per heavy atom. The lowest BCUT2D eigenvalue weighted by atomic mass is 9.83. The van der Waals surface area contributed by atoms with E-state index < -0.39 is 0 Å². The maximum absolute atomic E-state index is 2.63. The molecule has 0 aliphatic heterocycles. The van der Waals surface area contributed by atoms with E-state index in [9.17, 15) is 0 Å². The normalized spacial score (nSPS) is 13.1. The van der Waals surface area contributed by atoms with Gasteiger partial charge in [0.2, 0.25) is 0 Å². The number of benzene rings is 9. The van der Waals surface area contributed by atoms with E-state index in [0.29, 0.717) is 0 Å². The van der Waals surface area contributed by atoms with E-state index in [-0.39, 0.29) is 10.8 Å². The van der Waals surface area contributed by atoms with Gasteiger partial charge in [0.05, 0.1) is 38.8 Å². The molecule has 61 heavy (non-hydrogen) atoms. The van der Waals surface area contributed by atoms with Gasteiger partial charge in [0, 0.05) is 59.9 Å². The number of nitrogens with zero attached hydrogens (tertiary/aromatic N) is 3. The minimum atomic E-state index is -0.0795. The maximum atomic E-state index is 2.63. The highest BCUT2D eigenvalue weighted by Gasteiger charge is 2.31. The summed E-state index contributed by atoms with van der Waals surface area (Å²) in [5.74, 6) is 0. The zero-order valence-electron chi connectivity index (χ0n) is 35.4. The van der Waals surface area contributed by atoms with Gasteiger partial charge in [0.15, 0.2) is 0 Å². The first-order valence-electron chi connectivity index (χ1n) is 21.7. The molecule has 0 saturated carbocycles. The SMILES string of the molecule is CC(C)(C)c1cc(N(c2ccccc2)c2ccccc2)c2c(c1)c1cc(C(C)(C)C)cc3c4c5c6c7ccccc7cc7c8ccc9ccccc9c8n(c5ccc4n2c13)c76. The van der Waals surface area contributed by atoms with Gasteiger partial charge < -0.3 is 13.7 Å². The first-order valence-corrected chi connectivity index (χ1v) is 21.7. The Morgan fingerprint density at radius 1 is 0.344 bits per heavy atom. The van der Waals surface area contributed by atoms with Crippen LogP contribution < -0.4 is 4.90 Å². The molecule has 0 unspecified atom stereocenters. The highest BCUT2D eigenvalue weighted by atomic mass is 15.2. The predicted octanol–water partition coefficient (Wildman–Crippen LogP) is 16.4. The summed E-state index contributed by atoms with van der Waals surface area (Å²) in [6, 6.07) is 61.7. The Hall–Kier alpha value is -7.10. The molecule has 4 heterocycles. The first kappa shape index (κ1) is 34.7. The Kier molecular flexibility index (Phi) is 6.72. The van der Waals surface area contributed by atoms with E-state index in [1.165, 1.54) is 115 Å². The topological polar surface area (TPSA) is 12.1 Å². The molecule has 0 aliphatic rings. The first-order chi connectivity index (χ1) is 29.6. The molecule has 9 aromatic carbocycles. The van der Waals surface area contributed by atoms with Crippen LogP contribution in [0.15, 0.2) is 164 Å². The van der Waals surface area contributed by atoms with Crippen molar-refractivity contribution in [3.8, 4) is 0 Å². The van der Waals surface area contributed by atoms with Gasteiger partial charge in [-0.3, -0.25) is 0 Å². The fraction of sp³-hybridized carbons (Fsp3) is 0.138. The fourth-order valence-corrected chi connectivity index (χ4v) is 10.9. The van der Waals surface area contributed by atoms with E-state index in [4.69, 9.17) is 0 Å². The Balaban J connectivity index is 1.31. The van der Waals surface area contributed by atoms with Crippen LogP contribution in [0.4, 0.5) is 17.1 Å². The molecule has 3 nitrogen and oxygen atoms in total. The van der Waals surface area contributed by atoms with E-state index in [0.717, 1.165) is 11.4 Å². The number of rotatable bonds is 3. The van der Waals surface area contributed by atoms with Crippen LogP contribution in [0.1, 0.15) is 52.7 Å². The number of fused-ring (bicyclic) bond motifs is 17. The van der Waals surface area contributed by atoms with Gasteiger partial charge in [-0.2, -0.15) is 0 Å². The molecular formula is C58H45N3. The lowest BCUT2D eigenvalue weighted by Gasteiger charge is -2.29. The van der Waals surface area contributed by atoms with Crippen molar-refractivity contribution >= 4 is 115 Å². The van der Waals surface area contributed by atoms with Gasteiger partial charge >= 0.3 is 0 Å². The average molecular weight is 784 g/mol. The third-order valence-electron chi connectivity index (χ3n) is 13.8. The molecule has 13 rings (SSSR count). The summed E-state index contributed by atoms with van der Waals surface area (Å²) in [6.07, 6.45) is 0. The summed E-state index contributed by atoms with van der Waals surface area (Å²) in [7, 11) is 0. The molecule has 0 fully saturated rings. The Labute approximate surface area is 354 Å². The van der Waals surface area contributed by atoms with Gasteiger partial charge in [-0.25, -0.2) is 0 Å². The van der Waals surface area contributed by atoms with Gasteiger partial charge in [-0.1, -0.05) is 139 Å². The summed E-state index contributed by atoms with van der Waals surface area (Å²) >= 11 is 0. The van der Waals surface area contributed by atoms with Crippen LogP contribution >= 0.6 is 0 Å². The van der Waals surface area contributed by atoms with Crippen molar-refractivity contribution in [1.29, 1.82) is 0 Å². The second-order valence-corrected chi connectivity index (χ2v) is 19.4. The van der Waals surface area contributed by atoms with Crippen LogP contribution in [0.2, 0.25) is 0 Å². The number of para-hydroxylation sites is 2. The standard InChI is InChI=1S/C58H45N3/c1-57(2,3)36-30-44-45-31-37(58(4,5)6)33-49(59(38-19-9-7-10-20-38)39-21-11-8-12-22-39)55(45)60-47-27-28-48-52(50(47)46(32-36)54(44)60)51-40-23-15-14-18-35(40)29-43-42-26-25-34-17-13-16-24-41(34)53(42)61(48)56(43)51/h7-33H,1-6H3. The second kappa shape index (κ2) is 11.8. The van der Waals surface area contributed by atoms with E-state index >= 15 is 0 Å². The molecule has 0 saturated heterocycles. The Morgan fingerprint density at radius 2 is 0.852 bits per heavy atom. The lowest BCUT2D eigenvalue weighted by Crippen LogP contribution is -2.15. The van der Waals surface area contributed by atoms with Gasteiger partial charge in [0.25, 0.3) is 0 Å². The highest BCUT2D eigenvalue weighted by molar-refractivity contribution is 6.40. The van der Waals surface area contributed by atoms with Gasteiger partial charge in [-0.05, 0) is 105 Å². The zero-order chi connectivity index (χ0) is 41.1. The minimum absolute atomic E-state index is 0.0719. The Bertz CT molecular complexity index is 3890. The molecule has 3 heteroatoms. The quantitative estimate of drug-likeness (QED) is 0.174. The summed E-state index contributed by atoms with van der Waals surface area (Å²) in [5.41, 5.74) is 13.6. The molecular weight excluding hydrogens is 739 g/mol. The van der Waals surface area contributed by atoms with Gasteiger partial charge in [-0.15, -0.1) is 0 Å². The molecule has 0 bridgehead atoms. The van der Waals surface area contributed by atoms with Crippen molar-refractivity contribution in [3.63, 3.8) is 0 Å². The smallest absolute Gasteiger partial charge is 0.0783 e. The van der Waals surface area contributed by atoms with Crippen molar-refractivity contribution < 1.29 is 0 Å². The summed E-state index contributed by atoms with van der Waals surface area (Å²) < 4.78 is 5.24. The maximum Gasteiger partial charge on any atom is 0.0783 e. The number of hydrogen-bond acceptors (Lipinski definition) is 1. The number of anilines is 3. The predicted molar refractivity (Wildman–Crippen MR) is 263 cm³/mol. The third-order valence-corrected chi connectivity index (χ3v) is 13.8. The van der Waals surface area contributed by atoms with Crippen LogP contribution in [0.3, 0.4) is 0 Å². The molecule has 0 atom stereocenters. The lowest BCUT2D eigenvalue weighted by molar-refractivity contribution is 0.591. The monoisotopic (exact) mass is 783 g/mol. The fourth-order valence-electron chi connectivity index (χ4n) is 10.9. The molecule has 0 aliphatic carbocycles. The van der Waals surface area contributed by atoms with Crippen molar-refractivity contribution in [3.05, 3.63) is 175 Å². The van der Waals surface area contributed by atoms with Gasteiger partial charge in [0.1, 0.15) is 0 Å². The van der Waals surface area contributed by atoms with E-state index in [2.05, 4.69) is 219 Å². The van der Waals surface area contributed by atoms with Crippen molar-refractivity contribution in [1.82, 2.24) is 8.80 Å². The van der Waals surface area contributed by atoms with Crippen molar-refractivity contribution in [2.45, 2.75) is 52.4 Å². The summed E-state index contributed by atoms with van der Waals surface area (Å²) in [6.45, 7) is 14.1. The highest BCUT2D eigenvalue weighted by Crippen LogP contribution is 2.52. The molecule has 13 aromatic rings. The minimum Gasteiger partial charge on any atom is -0.308 e. The molecule has 4 aromatic heterocycles. The van der Waals surface area contributed by atoms with Crippen molar-refractivity contribution in [2.24, 2.45) is 0 Å². The zero-order valence-corrected chi connectivity index (χ0v) is 35.4. The van der Waals surface area contributed by atoms with Crippen LogP contribution in [0, 0.1) is 0 Å². The van der Waals surface area contributed by atoms with E-state index in [1.54, 1.807) is 0 Å². The molecule has 0 radical (unpaired) electrons. The summed E-state index contributed by atoms with van der Waals surface area (Å²) in [4.78, 5) is 2.48. The molecule has 0 amide bonds. The van der Waals surface area contributed by atoms with E-state index in [1.807, 2.05) is 0 Å². The van der Waals surface area contributed by atoms with Crippen LogP contribution in [-0.2, 0) is 10.8 Å². The second-order valence-electron chi connectivity index (χ2n) is 19.4. The number of hydrogen-bond donors (Lipinski definition) is 0. The van der Waals surface area contributed by atoms with Crippen molar-refractivity contribution in [2.75, 3.05) is 4.90 Å². The van der Waals surface area contributed by atoms with Crippen LogP contribution in [-0.4, -0.2) is 8.80 Å². The largest absolute Gasteiger partial charge is 0.308 e. The molecule has 0 N–H and O–H groups in total. The summed E-state index contributed by atoms with van der Waals surface area (Å²) in [5, 5.41) is 15.7. The molecule has 0 spiro atoms. The average Bonchev–Trinajstić information content (AvgIpc) is 3.99. The van der Waals surface area contributed by atoms with Crippen LogP contribution in [0.5, 0.6) is 0 Å². The number of aromatic nitrogens is 2. The third kappa shape index (κ3) is 4.58.